The molecule has 2 rings (SSSR count). The number of fused-ring (bicyclic) bond motifs is 1. The topological polar surface area (TPSA) is 33.0 Å². The Morgan fingerprint density at radius 1 is 1.54 bits per heavy atom. The lowest BCUT2D eigenvalue weighted by atomic mass is 10.0. The van der Waals surface area contributed by atoms with E-state index in [1.165, 1.54) is 5.56 Å². The predicted molar refractivity (Wildman–Crippen MR) is 49.7 cm³/mol. The van der Waals surface area contributed by atoms with Gasteiger partial charge < -0.3 is 4.74 Å². The Morgan fingerprint density at radius 2 is 2.31 bits per heavy atom. The van der Waals surface area contributed by atoms with Gasteiger partial charge in [-0.3, -0.25) is 0 Å². The fraction of sp³-hybridized carbons (Fsp3) is 0.364. The molecule has 0 spiro atoms. The zero-order valence-electron chi connectivity index (χ0n) is 7.79. The Balaban J connectivity index is 2.56. The predicted octanol–water partition coefficient (Wildman–Crippen LogP) is 2.19. The van der Waals surface area contributed by atoms with E-state index in [-0.39, 0.29) is 6.10 Å². The molecule has 1 heterocycles. The van der Waals surface area contributed by atoms with Crippen LogP contribution in [0.25, 0.3) is 0 Å². The summed E-state index contributed by atoms with van der Waals surface area (Å²) in [5, 5.41) is 8.81. The van der Waals surface area contributed by atoms with Crippen molar-refractivity contribution in [1.29, 1.82) is 5.26 Å². The van der Waals surface area contributed by atoms with E-state index < -0.39 is 0 Å². The van der Waals surface area contributed by atoms with Crippen molar-refractivity contribution in [2.75, 3.05) is 0 Å². The van der Waals surface area contributed by atoms with Gasteiger partial charge in [-0.05, 0) is 25.5 Å². The first kappa shape index (κ1) is 8.12. The molecular weight excluding hydrogens is 162 g/mol. The van der Waals surface area contributed by atoms with E-state index in [9.17, 15) is 0 Å². The minimum atomic E-state index is 0.252. The van der Waals surface area contributed by atoms with Crippen molar-refractivity contribution in [1.82, 2.24) is 0 Å². The third-order valence-corrected chi connectivity index (χ3v) is 2.43. The van der Waals surface area contributed by atoms with E-state index in [2.05, 4.69) is 6.07 Å². The molecule has 1 aromatic rings. The average Bonchev–Trinajstić information content (AvgIpc) is 2.47. The van der Waals surface area contributed by atoms with Crippen LogP contribution in [0, 0.1) is 18.3 Å². The highest BCUT2D eigenvalue weighted by atomic mass is 16.5. The summed E-state index contributed by atoms with van der Waals surface area (Å²) >= 11 is 0. The third-order valence-electron chi connectivity index (χ3n) is 2.43. The maximum absolute atomic E-state index is 8.81. The van der Waals surface area contributed by atoms with Crippen molar-refractivity contribution >= 4 is 0 Å². The Hall–Kier alpha value is -1.49. The zero-order chi connectivity index (χ0) is 9.42. The van der Waals surface area contributed by atoms with Crippen LogP contribution < -0.4 is 4.74 Å². The van der Waals surface area contributed by atoms with E-state index in [4.69, 9.17) is 10.00 Å². The van der Waals surface area contributed by atoms with Gasteiger partial charge in [0.15, 0.2) is 0 Å². The number of rotatable bonds is 0. The van der Waals surface area contributed by atoms with Gasteiger partial charge in [0.1, 0.15) is 11.9 Å². The van der Waals surface area contributed by atoms with Gasteiger partial charge in [-0.25, -0.2) is 0 Å². The van der Waals surface area contributed by atoms with Gasteiger partial charge in [-0.15, -0.1) is 0 Å². The van der Waals surface area contributed by atoms with Crippen molar-refractivity contribution in [3.63, 3.8) is 0 Å². The fourth-order valence-electron chi connectivity index (χ4n) is 1.75. The quantitative estimate of drug-likeness (QED) is 0.602. The van der Waals surface area contributed by atoms with Crippen LogP contribution in [0.4, 0.5) is 0 Å². The zero-order valence-corrected chi connectivity index (χ0v) is 7.79. The molecule has 1 aliphatic rings. The molecule has 1 atom stereocenters. The van der Waals surface area contributed by atoms with Gasteiger partial charge >= 0.3 is 0 Å². The van der Waals surface area contributed by atoms with Gasteiger partial charge in [-0.2, -0.15) is 5.26 Å². The molecule has 0 amide bonds. The molecule has 0 saturated carbocycles. The number of nitriles is 1. The molecule has 1 aliphatic heterocycles. The summed E-state index contributed by atoms with van der Waals surface area (Å²) in [6, 6.07) is 6.02. The van der Waals surface area contributed by atoms with E-state index in [0.29, 0.717) is 5.56 Å². The summed E-state index contributed by atoms with van der Waals surface area (Å²) in [6.45, 7) is 3.99. The first-order chi connectivity index (χ1) is 6.22. The van der Waals surface area contributed by atoms with Crippen LogP contribution in [0.1, 0.15) is 23.6 Å². The van der Waals surface area contributed by atoms with Crippen molar-refractivity contribution < 1.29 is 4.74 Å². The molecule has 0 aliphatic carbocycles. The fourth-order valence-corrected chi connectivity index (χ4v) is 1.75. The normalized spacial score (nSPS) is 19.0. The van der Waals surface area contributed by atoms with Crippen molar-refractivity contribution in [2.45, 2.75) is 26.4 Å². The first-order valence-electron chi connectivity index (χ1n) is 4.41. The van der Waals surface area contributed by atoms with Gasteiger partial charge in [0, 0.05) is 12.0 Å². The first-order valence-corrected chi connectivity index (χ1v) is 4.41. The lowest BCUT2D eigenvalue weighted by molar-refractivity contribution is 0.253. The molecule has 1 aromatic carbocycles. The monoisotopic (exact) mass is 173 g/mol. The van der Waals surface area contributed by atoms with Crippen LogP contribution >= 0.6 is 0 Å². The molecule has 0 fully saturated rings. The van der Waals surface area contributed by atoms with Gasteiger partial charge in [-0.1, -0.05) is 6.07 Å². The van der Waals surface area contributed by atoms with Crippen LogP contribution in [0.2, 0.25) is 0 Å². The van der Waals surface area contributed by atoms with Crippen molar-refractivity contribution in [3.8, 4) is 11.8 Å². The summed E-state index contributed by atoms with van der Waals surface area (Å²) in [7, 11) is 0. The summed E-state index contributed by atoms with van der Waals surface area (Å²) < 4.78 is 5.63. The second-order valence-electron chi connectivity index (χ2n) is 3.47. The molecule has 0 radical (unpaired) electrons. The standard InChI is InChI=1S/C11H11NO/c1-7-5-9-3-4-10(6-12)8(2)11(9)13-7/h3-4,7H,5H2,1-2H3. The molecule has 0 bridgehead atoms. The highest BCUT2D eigenvalue weighted by molar-refractivity contribution is 5.52. The van der Waals surface area contributed by atoms with Crippen LogP contribution in [0.3, 0.4) is 0 Å². The molecule has 66 valence electrons. The second-order valence-corrected chi connectivity index (χ2v) is 3.47. The third kappa shape index (κ3) is 1.17. The minimum Gasteiger partial charge on any atom is -0.490 e. The molecule has 2 nitrogen and oxygen atoms in total. The van der Waals surface area contributed by atoms with E-state index in [1.807, 2.05) is 26.0 Å². The van der Waals surface area contributed by atoms with E-state index in [0.717, 1.165) is 17.7 Å². The molecule has 0 aromatic heterocycles. The van der Waals surface area contributed by atoms with Crippen molar-refractivity contribution in [2.24, 2.45) is 0 Å². The average molecular weight is 173 g/mol. The van der Waals surface area contributed by atoms with Crippen LogP contribution in [-0.2, 0) is 6.42 Å². The summed E-state index contributed by atoms with van der Waals surface area (Å²) in [4.78, 5) is 0. The smallest absolute Gasteiger partial charge is 0.127 e. The van der Waals surface area contributed by atoms with E-state index >= 15 is 0 Å². The van der Waals surface area contributed by atoms with Gasteiger partial charge in [0.2, 0.25) is 0 Å². The Bertz CT molecular complexity index is 390. The maximum Gasteiger partial charge on any atom is 0.127 e. The number of hydrogen-bond acceptors (Lipinski definition) is 2. The molecule has 2 heteroatoms. The molecule has 0 saturated heterocycles. The Kier molecular flexibility index (Phi) is 1.73. The van der Waals surface area contributed by atoms with Gasteiger partial charge in [0.25, 0.3) is 0 Å². The van der Waals surface area contributed by atoms with Gasteiger partial charge in [0.05, 0.1) is 11.6 Å². The van der Waals surface area contributed by atoms with Crippen LogP contribution in [-0.4, -0.2) is 6.10 Å². The number of nitrogens with zero attached hydrogens (tertiary/aromatic N) is 1. The lowest BCUT2D eigenvalue weighted by Crippen LogP contribution is -2.05. The summed E-state index contributed by atoms with van der Waals surface area (Å²) in [5.41, 5.74) is 2.92. The summed E-state index contributed by atoms with van der Waals surface area (Å²) in [6.07, 6.45) is 1.21. The van der Waals surface area contributed by atoms with Crippen LogP contribution in [0.15, 0.2) is 12.1 Å². The van der Waals surface area contributed by atoms with Crippen molar-refractivity contribution in [3.05, 3.63) is 28.8 Å². The Labute approximate surface area is 77.8 Å². The number of ether oxygens (including phenoxy) is 1. The highest BCUT2D eigenvalue weighted by Gasteiger charge is 2.21. The number of hydrogen-bond donors (Lipinski definition) is 0. The molecule has 1 unspecified atom stereocenters. The van der Waals surface area contributed by atoms with Crippen LogP contribution in [0.5, 0.6) is 5.75 Å². The summed E-state index contributed by atoms with van der Waals surface area (Å²) in [5.74, 6) is 0.923. The number of benzene rings is 1. The Morgan fingerprint density at radius 3 is 3.00 bits per heavy atom. The minimum absolute atomic E-state index is 0.252. The molecule has 13 heavy (non-hydrogen) atoms. The van der Waals surface area contributed by atoms with E-state index in [1.54, 1.807) is 0 Å². The second kappa shape index (κ2) is 2.77. The largest absolute Gasteiger partial charge is 0.490 e. The SMILES string of the molecule is Cc1c(C#N)ccc2c1OC(C)C2. The molecule has 0 N–H and O–H groups in total. The highest BCUT2D eigenvalue weighted by Crippen LogP contribution is 2.33. The molecular formula is C11H11NO. The maximum atomic E-state index is 8.81. The lowest BCUT2D eigenvalue weighted by Gasteiger charge is -2.06.